The highest BCUT2D eigenvalue weighted by atomic mass is 16.5. The predicted molar refractivity (Wildman–Crippen MR) is 77.3 cm³/mol. The second kappa shape index (κ2) is 7.64. The zero-order valence-corrected chi connectivity index (χ0v) is 12.4. The summed E-state index contributed by atoms with van der Waals surface area (Å²) in [5.41, 5.74) is 2.10. The Morgan fingerprint density at radius 3 is 2.57 bits per heavy atom. The van der Waals surface area contributed by atoms with Gasteiger partial charge in [-0.25, -0.2) is 4.79 Å². The van der Waals surface area contributed by atoms with Crippen molar-refractivity contribution in [2.45, 2.75) is 39.3 Å². The highest BCUT2D eigenvalue weighted by molar-refractivity contribution is 5.83. The van der Waals surface area contributed by atoms with Crippen LogP contribution in [0.5, 0.6) is 5.75 Å². The van der Waals surface area contributed by atoms with E-state index in [1.54, 1.807) is 0 Å². The van der Waals surface area contributed by atoms with Crippen molar-refractivity contribution < 1.29 is 24.5 Å². The molecule has 0 aliphatic rings. The van der Waals surface area contributed by atoms with Crippen molar-refractivity contribution in [3.05, 3.63) is 29.3 Å². The molecule has 1 amide bonds. The van der Waals surface area contributed by atoms with Crippen LogP contribution in [0.4, 0.5) is 0 Å². The normalized spacial score (nSPS) is 13.3. The van der Waals surface area contributed by atoms with Gasteiger partial charge in [0.2, 0.25) is 5.91 Å². The van der Waals surface area contributed by atoms with Gasteiger partial charge in [0.1, 0.15) is 5.75 Å². The molecule has 2 atom stereocenters. The van der Waals surface area contributed by atoms with Crippen LogP contribution in [0, 0.1) is 13.8 Å². The quantitative estimate of drug-likeness (QED) is 0.698. The largest absolute Gasteiger partial charge is 0.493 e. The number of nitrogens with one attached hydrogen (secondary N) is 1. The number of carbonyl (C=O) groups excluding carboxylic acids is 1. The van der Waals surface area contributed by atoms with Gasteiger partial charge in [-0.2, -0.15) is 0 Å². The summed E-state index contributed by atoms with van der Waals surface area (Å²) >= 11 is 0. The Morgan fingerprint density at radius 1 is 1.33 bits per heavy atom. The molecule has 0 bridgehead atoms. The average molecular weight is 295 g/mol. The Kier molecular flexibility index (Phi) is 6.17. The van der Waals surface area contributed by atoms with Gasteiger partial charge in [0, 0.05) is 0 Å². The number of carbonyl (C=O) groups is 2. The summed E-state index contributed by atoms with van der Waals surface area (Å²) in [6.45, 7) is 5.35. The number of aliphatic hydroxyl groups excluding tert-OH is 1. The van der Waals surface area contributed by atoms with Crippen LogP contribution < -0.4 is 10.1 Å². The third-order valence-electron chi connectivity index (χ3n) is 3.21. The summed E-state index contributed by atoms with van der Waals surface area (Å²) in [4.78, 5) is 22.5. The zero-order chi connectivity index (χ0) is 16.0. The van der Waals surface area contributed by atoms with Crippen molar-refractivity contribution in [2.75, 3.05) is 6.61 Å². The van der Waals surface area contributed by atoms with Gasteiger partial charge in [-0.1, -0.05) is 12.1 Å². The lowest BCUT2D eigenvalue weighted by Gasteiger charge is -2.17. The first kappa shape index (κ1) is 17.0. The number of aryl methyl sites for hydroxylation is 1. The van der Waals surface area contributed by atoms with Crippen LogP contribution in [0.15, 0.2) is 18.2 Å². The molecule has 0 saturated carbocycles. The van der Waals surface area contributed by atoms with Crippen molar-refractivity contribution in [3.63, 3.8) is 0 Å². The molecule has 1 aromatic carbocycles. The van der Waals surface area contributed by atoms with Gasteiger partial charge in [-0.15, -0.1) is 0 Å². The summed E-state index contributed by atoms with van der Waals surface area (Å²) in [7, 11) is 0. The number of ether oxygens (including phenoxy) is 1. The molecule has 0 fully saturated rings. The number of carboxylic acid groups (broad SMARTS) is 1. The minimum absolute atomic E-state index is 0.0177. The average Bonchev–Trinajstić information content (AvgIpc) is 2.40. The smallest absolute Gasteiger partial charge is 0.328 e. The van der Waals surface area contributed by atoms with Crippen LogP contribution in [-0.4, -0.2) is 40.8 Å². The maximum absolute atomic E-state index is 11.6. The second-order valence-electron chi connectivity index (χ2n) is 4.92. The van der Waals surface area contributed by atoms with Crippen molar-refractivity contribution in [3.8, 4) is 5.75 Å². The first-order valence-electron chi connectivity index (χ1n) is 6.72. The maximum Gasteiger partial charge on any atom is 0.328 e. The Bertz CT molecular complexity index is 513. The van der Waals surface area contributed by atoms with E-state index in [0.29, 0.717) is 5.75 Å². The third kappa shape index (κ3) is 5.07. The van der Waals surface area contributed by atoms with Gasteiger partial charge < -0.3 is 20.3 Å². The first-order valence-corrected chi connectivity index (χ1v) is 6.72. The van der Waals surface area contributed by atoms with E-state index in [2.05, 4.69) is 5.32 Å². The summed E-state index contributed by atoms with van der Waals surface area (Å²) in [5, 5.41) is 20.4. The number of aliphatic hydroxyl groups is 1. The Balaban J connectivity index is 2.47. The molecule has 0 saturated heterocycles. The third-order valence-corrected chi connectivity index (χ3v) is 3.21. The van der Waals surface area contributed by atoms with Crippen molar-refractivity contribution in [1.29, 1.82) is 0 Å². The molecule has 6 heteroatoms. The SMILES string of the molecule is Cc1cccc(OCCC(=O)N[C@H](C(=O)O)[C@@H](C)O)c1C. The van der Waals surface area contributed by atoms with Gasteiger partial charge in [-0.05, 0) is 38.0 Å². The standard InChI is InChI=1S/C15H21NO5/c1-9-5-4-6-12(10(9)2)21-8-7-13(18)16-14(11(3)17)15(19)20/h4-6,11,14,17H,7-8H2,1-3H3,(H,16,18)(H,19,20)/t11-,14+/m1/s1. The Labute approximate surface area is 123 Å². The molecule has 21 heavy (non-hydrogen) atoms. The number of benzene rings is 1. The fourth-order valence-corrected chi connectivity index (χ4v) is 1.77. The summed E-state index contributed by atoms with van der Waals surface area (Å²) in [5.74, 6) is -1.05. The summed E-state index contributed by atoms with van der Waals surface area (Å²) in [6, 6.07) is 4.34. The maximum atomic E-state index is 11.6. The van der Waals surface area contributed by atoms with Crippen LogP contribution in [0.25, 0.3) is 0 Å². The molecule has 0 spiro atoms. The van der Waals surface area contributed by atoms with E-state index in [1.807, 2.05) is 32.0 Å². The van der Waals surface area contributed by atoms with Crippen molar-refractivity contribution >= 4 is 11.9 Å². The Hall–Kier alpha value is -2.08. The highest BCUT2D eigenvalue weighted by Gasteiger charge is 2.24. The van der Waals surface area contributed by atoms with E-state index in [4.69, 9.17) is 9.84 Å². The number of hydrogen-bond donors (Lipinski definition) is 3. The van der Waals surface area contributed by atoms with E-state index >= 15 is 0 Å². The molecule has 3 N–H and O–H groups in total. The molecule has 0 aliphatic heterocycles. The van der Waals surface area contributed by atoms with Crippen LogP contribution in [0.3, 0.4) is 0 Å². The molecule has 0 aromatic heterocycles. The summed E-state index contributed by atoms with van der Waals surface area (Å²) < 4.78 is 5.52. The number of rotatable bonds is 7. The number of aliphatic carboxylic acids is 1. The van der Waals surface area contributed by atoms with Crippen LogP contribution in [0.2, 0.25) is 0 Å². The van der Waals surface area contributed by atoms with Crippen LogP contribution >= 0.6 is 0 Å². The molecule has 0 unspecified atom stereocenters. The highest BCUT2D eigenvalue weighted by Crippen LogP contribution is 2.20. The van der Waals surface area contributed by atoms with E-state index in [-0.39, 0.29) is 13.0 Å². The van der Waals surface area contributed by atoms with Crippen LogP contribution in [0.1, 0.15) is 24.5 Å². The van der Waals surface area contributed by atoms with Gasteiger partial charge in [-0.3, -0.25) is 4.79 Å². The fourth-order valence-electron chi connectivity index (χ4n) is 1.77. The molecule has 116 valence electrons. The molecule has 6 nitrogen and oxygen atoms in total. The topological polar surface area (TPSA) is 95.9 Å². The number of hydrogen-bond acceptors (Lipinski definition) is 4. The van der Waals surface area contributed by atoms with E-state index in [1.165, 1.54) is 6.92 Å². The van der Waals surface area contributed by atoms with E-state index in [9.17, 15) is 14.7 Å². The van der Waals surface area contributed by atoms with Gasteiger partial charge in [0.25, 0.3) is 0 Å². The van der Waals surface area contributed by atoms with Gasteiger partial charge in [0.05, 0.1) is 19.1 Å². The van der Waals surface area contributed by atoms with Gasteiger partial charge in [0.15, 0.2) is 6.04 Å². The lowest BCUT2D eigenvalue weighted by atomic mass is 10.1. The zero-order valence-electron chi connectivity index (χ0n) is 12.4. The minimum Gasteiger partial charge on any atom is -0.493 e. The molecule has 0 aliphatic carbocycles. The van der Waals surface area contributed by atoms with Crippen molar-refractivity contribution in [2.24, 2.45) is 0 Å². The lowest BCUT2D eigenvalue weighted by molar-refractivity contribution is -0.144. The Morgan fingerprint density at radius 2 is 2.00 bits per heavy atom. The first-order chi connectivity index (χ1) is 9.82. The molecule has 1 rings (SSSR count). The minimum atomic E-state index is -1.31. The monoisotopic (exact) mass is 295 g/mol. The van der Waals surface area contributed by atoms with Gasteiger partial charge >= 0.3 is 5.97 Å². The second-order valence-corrected chi connectivity index (χ2v) is 4.92. The predicted octanol–water partition coefficient (Wildman–Crippen LogP) is 1.02. The molecule has 0 heterocycles. The van der Waals surface area contributed by atoms with E-state index < -0.39 is 24.0 Å². The number of carboxylic acids is 1. The van der Waals surface area contributed by atoms with Crippen molar-refractivity contribution in [1.82, 2.24) is 5.32 Å². The lowest BCUT2D eigenvalue weighted by Crippen LogP contribution is -2.47. The summed E-state index contributed by atoms with van der Waals surface area (Å²) in [6.07, 6.45) is -1.14. The molecular formula is C15H21NO5. The van der Waals surface area contributed by atoms with E-state index in [0.717, 1.165) is 11.1 Å². The molecular weight excluding hydrogens is 274 g/mol. The fraction of sp³-hybridized carbons (Fsp3) is 0.467. The number of amides is 1. The van der Waals surface area contributed by atoms with Crippen LogP contribution in [-0.2, 0) is 9.59 Å². The molecule has 1 aromatic rings. The molecule has 0 radical (unpaired) electrons.